The van der Waals surface area contributed by atoms with Gasteiger partial charge in [0.2, 0.25) is 0 Å². The monoisotopic (exact) mass is 208 g/mol. The molecule has 15 heavy (non-hydrogen) atoms. The quantitative estimate of drug-likeness (QED) is 0.418. The molecule has 0 saturated carbocycles. The van der Waals surface area contributed by atoms with Crippen molar-refractivity contribution in [2.24, 2.45) is 0 Å². The normalized spacial score (nSPS) is 14.2. The Labute approximate surface area is 94.5 Å². The first kappa shape index (κ1) is 14.0. The maximum Gasteiger partial charge on any atom is 0.119 e. The van der Waals surface area contributed by atoms with Crippen LogP contribution in [0.5, 0.6) is 0 Å². The molecule has 0 heterocycles. The predicted octanol–water partition coefficient (Wildman–Crippen LogP) is 4.62. The molecule has 0 spiro atoms. The van der Waals surface area contributed by atoms with E-state index in [-0.39, 0.29) is 0 Å². The van der Waals surface area contributed by atoms with Crippen LogP contribution in [0.1, 0.15) is 46.5 Å². The van der Waals surface area contributed by atoms with Crippen molar-refractivity contribution in [1.29, 1.82) is 0 Å². The molecule has 0 aromatic heterocycles. The van der Waals surface area contributed by atoms with Gasteiger partial charge in [-0.15, -0.1) is 0 Å². The lowest BCUT2D eigenvalue weighted by atomic mass is 10.1. The summed E-state index contributed by atoms with van der Waals surface area (Å²) >= 11 is 0. The Balaban J connectivity index is 4.21. The lowest BCUT2D eigenvalue weighted by molar-refractivity contribution is 0.111. The Morgan fingerprint density at radius 1 is 1.40 bits per heavy atom. The van der Waals surface area contributed by atoms with Crippen molar-refractivity contribution >= 4 is 0 Å². The lowest BCUT2D eigenvalue weighted by Crippen LogP contribution is -2.10. The van der Waals surface area contributed by atoms with Crippen molar-refractivity contribution in [3.8, 4) is 0 Å². The molecule has 1 unspecified atom stereocenters. The van der Waals surface area contributed by atoms with E-state index in [4.69, 9.17) is 4.74 Å². The molecule has 86 valence electrons. The van der Waals surface area contributed by atoms with E-state index in [1.807, 2.05) is 25.2 Å². The summed E-state index contributed by atoms with van der Waals surface area (Å²) in [6, 6.07) is 0. The third-order valence-corrected chi connectivity index (χ3v) is 2.25. The van der Waals surface area contributed by atoms with Crippen LogP contribution in [0, 0.1) is 0 Å². The highest BCUT2D eigenvalue weighted by Gasteiger charge is 2.06. The Kier molecular flexibility index (Phi) is 8.95. The number of hydrogen-bond donors (Lipinski definition) is 0. The Hall–Kier alpha value is -0.980. The van der Waals surface area contributed by atoms with Crippen LogP contribution in [-0.4, -0.2) is 6.10 Å². The first-order chi connectivity index (χ1) is 7.28. The number of unbranched alkanes of at least 4 members (excludes halogenated alkanes) is 1. The van der Waals surface area contributed by atoms with Gasteiger partial charge in [0.1, 0.15) is 5.76 Å². The molecule has 0 amide bonds. The van der Waals surface area contributed by atoms with Crippen LogP contribution in [-0.2, 0) is 4.74 Å². The standard InChI is InChI=1S/C14H24O/c1-5-9-12-13(8-4)15-14(10-6-2)11-7-3/h6-7,10-11,13H,2,5,8-9,12H2,1,3-4H3/b11-7-,14-10+. The molecule has 0 bridgehead atoms. The molecule has 0 aliphatic rings. The van der Waals surface area contributed by atoms with Crippen LogP contribution in [0.4, 0.5) is 0 Å². The fourth-order valence-electron chi connectivity index (χ4n) is 1.39. The van der Waals surface area contributed by atoms with Gasteiger partial charge in [-0.1, -0.05) is 45.4 Å². The van der Waals surface area contributed by atoms with Crippen LogP contribution >= 0.6 is 0 Å². The Bertz CT molecular complexity index is 213. The van der Waals surface area contributed by atoms with Crippen molar-refractivity contribution in [2.75, 3.05) is 0 Å². The molecule has 0 radical (unpaired) electrons. The highest BCUT2D eigenvalue weighted by molar-refractivity contribution is 5.16. The second-order valence-corrected chi connectivity index (χ2v) is 3.60. The minimum atomic E-state index is 0.340. The Morgan fingerprint density at radius 3 is 2.60 bits per heavy atom. The zero-order chi connectivity index (χ0) is 11.5. The van der Waals surface area contributed by atoms with Gasteiger partial charge in [0.05, 0.1) is 6.10 Å². The topological polar surface area (TPSA) is 9.23 Å². The molecule has 0 aromatic carbocycles. The molecule has 0 aliphatic carbocycles. The number of hydrogen-bond acceptors (Lipinski definition) is 1. The third kappa shape index (κ3) is 7.01. The van der Waals surface area contributed by atoms with Crippen molar-refractivity contribution in [1.82, 2.24) is 0 Å². The van der Waals surface area contributed by atoms with E-state index in [0.29, 0.717) is 6.10 Å². The zero-order valence-electron chi connectivity index (χ0n) is 10.3. The highest BCUT2D eigenvalue weighted by Crippen LogP contribution is 2.14. The van der Waals surface area contributed by atoms with E-state index < -0.39 is 0 Å². The van der Waals surface area contributed by atoms with Crippen LogP contribution < -0.4 is 0 Å². The summed E-state index contributed by atoms with van der Waals surface area (Å²) in [6.45, 7) is 10.1. The van der Waals surface area contributed by atoms with Crippen molar-refractivity contribution in [3.63, 3.8) is 0 Å². The summed E-state index contributed by atoms with van der Waals surface area (Å²) in [5.74, 6) is 0.912. The van der Waals surface area contributed by atoms with E-state index in [0.717, 1.165) is 18.6 Å². The largest absolute Gasteiger partial charge is 0.490 e. The fourth-order valence-corrected chi connectivity index (χ4v) is 1.39. The van der Waals surface area contributed by atoms with E-state index in [2.05, 4.69) is 20.4 Å². The van der Waals surface area contributed by atoms with Crippen molar-refractivity contribution < 1.29 is 4.74 Å². The minimum Gasteiger partial charge on any atom is -0.490 e. The van der Waals surface area contributed by atoms with Gasteiger partial charge in [-0.05, 0) is 31.9 Å². The van der Waals surface area contributed by atoms with Crippen LogP contribution in [0.15, 0.2) is 36.6 Å². The highest BCUT2D eigenvalue weighted by atomic mass is 16.5. The molecular weight excluding hydrogens is 184 g/mol. The van der Waals surface area contributed by atoms with Gasteiger partial charge in [0, 0.05) is 0 Å². The summed E-state index contributed by atoms with van der Waals surface area (Å²) in [7, 11) is 0. The average Bonchev–Trinajstić information content (AvgIpc) is 2.24. The fraction of sp³-hybridized carbons (Fsp3) is 0.571. The molecule has 1 atom stereocenters. The van der Waals surface area contributed by atoms with Crippen LogP contribution in [0.3, 0.4) is 0 Å². The van der Waals surface area contributed by atoms with E-state index in [1.165, 1.54) is 12.8 Å². The summed E-state index contributed by atoms with van der Waals surface area (Å²) in [5.41, 5.74) is 0. The molecule has 0 N–H and O–H groups in total. The molecule has 0 rings (SSSR count). The van der Waals surface area contributed by atoms with Gasteiger partial charge < -0.3 is 4.74 Å². The lowest BCUT2D eigenvalue weighted by Gasteiger charge is -2.17. The second-order valence-electron chi connectivity index (χ2n) is 3.60. The van der Waals surface area contributed by atoms with Crippen molar-refractivity contribution in [3.05, 3.63) is 36.6 Å². The molecule has 0 aliphatic heterocycles. The van der Waals surface area contributed by atoms with E-state index >= 15 is 0 Å². The van der Waals surface area contributed by atoms with Gasteiger partial charge in [-0.25, -0.2) is 0 Å². The summed E-state index contributed by atoms with van der Waals surface area (Å²) in [5, 5.41) is 0. The molecule has 0 saturated heterocycles. The number of rotatable bonds is 8. The van der Waals surface area contributed by atoms with Gasteiger partial charge in [-0.3, -0.25) is 0 Å². The number of ether oxygens (including phenoxy) is 1. The second kappa shape index (κ2) is 9.57. The van der Waals surface area contributed by atoms with E-state index in [1.54, 1.807) is 6.08 Å². The first-order valence-corrected chi connectivity index (χ1v) is 5.90. The van der Waals surface area contributed by atoms with Gasteiger partial charge in [0.15, 0.2) is 0 Å². The molecule has 0 aromatic rings. The Morgan fingerprint density at radius 2 is 2.13 bits per heavy atom. The minimum absolute atomic E-state index is 0.340. The molecule has 1 nitrogen and oxygen atoms in total. The van der Waals surface area contributed by atoms with Gasteiger partial charge >= 0.3 is 0 Å². The maximum atomic E-state index is 5.89. The SMILES string of the molecule is C=C/C=C(\C=C/C)OC(CC)CCCC. The van der Waals surface area contributed by atoms with Gasteiger partial charge in [0.25, 0.3) is 0 Å². The predicted molar refractivity (Wildman–Crippen MR) is 67.8 cm³/mol. The van der Waals surface area contributed by atoms with Gasteiger partial charge in [-0.2, -0.15) is 0 Å². The summed E-state index contributed by atoms with van der Waals surface area (Å²) in [4.78, 5) is 0. The van der Waals surface area contributed by atoms with Crippen molar-refractivity contribution in [2.45, 2.75) is 52.6 Å². The molecule has 0 fully saturated rings. The zero-order valence-corrected chi connectivity index (χ0v) is 10.3. The van der Waals surface area contributed by atoms with Crippen LogP contribution in [0.2, 0.25) is 0 Å². The van der Waals surface area contributed by atoms with E-state index in [9.17, 15) is 0 Å². The molecule has 1 heteroatoms. The number of allylic oxidation sites excluding steroid dienone is 4. The smallest absolute Gasteiger partial charge is 0.119 e. The molecular formula is C14H24O. The van der Waals surface area contributed by atoms with Crippen LogP contribution in [0.25, 0.3) is 0 Å². The maximum absolute atomic E-state index is 5.89. The third-order valence-electron chi connectivity index (χ3n) is 2.25. The first-order valence-electron chi connectivity index (χ1n) is 5.90. The summed E-state index contributed by atoms with van der Waals surface area (Å²) < 4.78 is 5.89. The average molecular weight is 208 g/mol. The summed E-state index contributed by atoms with van der Waals surface area (Å²) in [6.07, 6.45) is 12.6.